The number of rotatable bonds is 4. The van der Waals surface area contributed by atoms with E-state index < -0.39 is 169 Å². The molecule has 10 amide bonds. The number of likely N-dealkylation sites (N-methyl/N-ethyl adjacent to an activating group) is 4. The Kier molecular flexibility index (Phi) is 22.2. The van der Waals surface area contributed by atoms with E-state index in [1.807, 2.05) is 0 Å². The van der Waals surface area contributed by atoms with Crippen LogP contribution in [0, 0.1) is 0 Å². The normalized spacial score (nSPS) is 24.7. The minimum absolute atomic E-state index is 0.0581. The van der Waals surface area contributed by atoms with Crippen LogP contribution in [0.5, 0.6) is 0 Å². The molecule has 0 unspecified atom stereocenters. The number of carbonyl (C=O) groups excluding carboxylic acids is 12. The summed E-state index contributed by atoms with van der Waals surface area (Å²) in [6.07, 6.45) is 0.484. The Bertz CT molecular complexity index is 2190. The van der Waals surface area contributed by atoms with Crippen LogP contribution >= 0.6 is 0 Å². The maximum absolute atomic E-state index is 14.3. The number of hydrogen-bond acceptors (Lipinski definition) is 20. The Morgan fingerprint density at radius 1 is 0.564 bits per heavy atom. The molecule has 1 saturated heterocycles. The molecule has 0 aromatic rings. The molecule has 0 aliphatic carbocycles. The van der Waals surface area contributed by atoms with Crippen LogP contribution in [0.15, 0.2) is 10.2 Å². The van der Waals surface area contributed by atoms with E-state index in [0.29, 0.717) is 10.0 Å². The Labute approximate surface area is 451 Å². The average Bonchev–Trinajstić information content (AvgIpc) is 3.31. The van der Waals surface area contributed by atoms with Gasteiger partial charge in [-0.1, -0.05) is 0 Å². The van der Waals surface area contributed by atoms with Gasteiger partial charge in [-0.15, -0.1) is 0 Å². The first-order valence-corrected chi connectivity index (χ1v) is 24.9. The second-order valence-electron chi connectivity index (χ2n) is 21.9. The minimum atomic E-state index is -2.06. The molecule has 0 spiro atoms. The lowest BCUT2D eigenvalue weighted by Crippen LogP contribution is -2.60. The van der Waals surface area contributed by atoms with Gasteiger partial charge in [0.1, 0.15) is 48.6 Å². The number of esters is 2. The van der Waals surface area contributed by atoms with Crippen molar-refractivity contribution in [3.05, 3.63) is 0 Å². The van der Waals surface area contributed by atoms with Crippen molar-refractivity contribution in [3.8, 4) is 0 Å². The lowest BCUT2D eigenvalue weighted by molar-refractivity contribution is -0.166. The summed E-state index contributed by atoms with van der Waals surface area (Å²) in [5, 5.41) is 41.3. The van der Waals surface area contributed by atoms with Crippen molar-refractivity contribution in [1.82, 2.24) is 50.9 Å². The van der Waals surface area contributed by atoms with Gasteiger partial charge < -0.3 is 70.0 Å². The number of cyclic esters (lactones) is 2. The summed E-state index contributed by atoms with van der Waals surface area (Å²) in [6.45, 7) is 8.97. The van der Waals surface area contributed by atoms with Gasteiger partial charge in [0.2, 0.25) is 35.4 Å². The zero-order valence-corrected chi connectivity index (χ0v) is 46.7. The molecule has 3 aliphatic rings. The number of carbonyl (C=O) groups is 12. The quantitative estimate of drug-likeness (QED) is 0.122. The lowest BCUT2D eigenvalue weighted by Gasteiger charge is -2.36. The molecular weight excluding hydrogens is 1030 g/mol. The minimum Gasteiger partial charge on any atom is -0.461 e. The first-order valence-electron chi connectivity index (χ1n) is 24.9. The van der Waals surface area contributed by atoms with Crippen LogP contribution in [0.4, 0.5) is 9.59 Å². The highest BCUT2D eigenvalue weighted by atomic mass is 16.6. The number of hydrogen-bond donors (Lipinski definition) is 6. The smallest absolute Gasteiger partial charge is 0.408 e. The number of nitrogens with zero attached hydrogens (tertiary/aromatic N) is 8. The van der Waals surface area contributed by atoms with E-state index in [1.165, 1.54) is 95.8 Å². The molecule has 3 heterocycles. The summed E-state index contributed by atoms with van der Waals surface area (Å²) in [6, 6.07) is -10.2. The van der Waals surface area contributed by atoms with Gasteiger partial charge in [0, 0.05) is 40.6 Å². The van der Waals surface area contributed by atoms with Crippen LogP contribution in [-0.4, -0.2) is 250 Å². The molecular formula is C48H76N12O18. The molecule has 30 heteroatoms. The second kappa shape index (κ2) is 26.7. The SMILES string of the molecule is CN1CC(=O)N(C)[C@@H](C(C)(C)O)C(=O)OC[C@@H](NC(=O)OC(C)(C)C)C(=O)N2N=CCC[C@H]2C(=O)NCC(=O)N(C)CC(=O)N(C)[C@@H](C(C)(C)O)C(=O)OC[C@@H](NC(=O)OC(C)(C)C)C(=O)N2N=CCC[C@H]2C(=O)NCC1=O. The van der Waals surface area contributed by atoms with Crippen molar-refractivity contribution in [2.45, 2.75) is 154 Å². The Hall–Kier alpha value is -7.50. The number of amides is 10. The number of ether oxygens (including phenoxy) is 4. The third kappa shape index (κ3) is 18.9. The Morgan fingerprint density at radius 2 is 0.885 bits per heavy atom. The molecule has 3 rings (SSSR count). The van der Waals surface area contributed by atoms with Gasteiger partial charge in [0.15, 0.2) is 12.1 Å². The third-order valence-corrected chi connectivity index (χ3v) is 11.7. The summed E-state index contributed by atoms with van der Waals surface area (Å²) < 4.78 is 21.6. The van der Waals surface area contributed by atoms with E-state index in [9.17, 15) is 67.7 Å². The van der Waals surface area contributed by atoms with Gasteiger partial charge >= 0.3 is 24.1 Å². The molecule has 0 saturated carbocycles. The zero-order valence-electron chi connectivity index (χ0n) is 46.7. The molecule has 0 aromatic heterocycles. The maximum atomic E-state index is 14.3. The summed E-state index contributed by atoms with van der Waals surface area (Å²) in [4.78, 5) is 168. The van der Waals surface area contributed by atoms with Gasteiger partial charge in [-0.2, -0.15) is 10.2 Å². The van der Waals surface area contributed by atoms with Crippen molar-refractivity contribution >= 4 is 83.8 Å². The number of nitrogens with one attached hydrogen (secondary N) is 4. The fourth-order valence-electron chi connectivity index (χ4n) is 7.89. The predicted molar refractivity (Wildman–Crippen MR) is 272 cm³/mol. The number of hydrazone groups is 2. The van der Waals surface area contributed by atoms with Crippen molar-refractivity contribution in [2.75, 3.05) is 67.6 Å². The number of alkyl carbamates (subject to hydrolysis) is 2. The summed E-state index contributed by atoms with van der Waals surface area (Å²) in [7, 11) is 4.63. The molecule has 30 nitrogen and oxygen atoms in total. The number of fused-ring (bicyclic) bond motifs is 2. The number of aliphatic hydroxyl groups is 2. The first-order chi connectivity index (χ1) is 35.8. The maximum Gasteiger partial charge on any atom is 0.408 e. The topological polar surface area (TPSA) is 374 Å². The zero-order chi connectivity index (χ0) is 59.4. The highest BCUT2D eigenvalue weighted by Gasteiger charge is 2.45. The van der Waals surface area contributed by atoms with E-state index in [0.717, 1.165) is 33.7 Å². The monoisotopic (exact) mass is 1110 g/mol. The molecule has 78 heavy (non-hydrogen) atoms. The molecule has 6 N–H and O–H groups in total. The van der Waals surface area contributed by atoms with Crippen LogP contribution in [-0.2, 0) is 66.9 Å². The molecule has 436 valence electrons. The van der Waals surface area contributed by atoms with Crippen LogP contribution in [0.1, 0.15) is 94.9 Å². The van der Waals surface area contributed by atoms with Gasteiger partial charge in [-0.05, 0) is 94.9 Å². The van der Waals surface area contributed by atoms with Crippen LogP contribution in [0.2, 0.25) is 0 Å². The molecule has 0 aromatic carbocycles. The van der Waals surface area contributed by atoms with Crippen LogP contribution < -0.4 is 21.3 Å². The van der Waals surface area contributed by atoms with E-state index in [1.54, 1.807) is 0 Å². The molecule has 0 radical (unpaired) electrons. The fourth-order valence-corrected chi connectivity index (χ4v) is 7.89. The summed E-state index contributed by atoms with van der Waals surface area (Å²) in [5.74, 6) is -10.2. The third-order valence-electron chi connectivity index (χ3n) is 11.7. The van der Waals surface area contributed by atoms with Crippen molar-refractivity contribution < 1.29 is 86.7 Å². The molecule has 0 bridgehead atoms. The molecule has 6 atom stereocenters. The van der Waals surface area contributed by atoms with Gasteiger partial charge in [0.05, 0.1) is 37.4 Å². The van der Waals surface area contributed by atoms with Crippen molar-refractivity contribution in [3.63, 3.8) is 0 Å². The van der Waals surface area contributed by atoms with Crippen LogP contribution in [0.25, 0.3) is 0 Å². The van der Waals surface area contributed by atoms with E-state index in [-0.39, 0.29) is 25.7 Å². The van der Waals surface area contributed by atoms with Gasteiger partial charge in [-0.3, -0.25) is 38.4 Å². The van der Waals surface area contributed by atoms with Crippen LogP contribution in [0.3, 0.4) is 0 Å². The summed E-state index contributed by atoms with van der Waals surface area (Å²) >= 11 is 0. The van der Waals surface area contributed by atoms with Gasteiger partial charge in [-0.25, -0.2) is 29.2 Å². The average molecular weight is 1110 g/mol. The molecule has 1 fully saturated rings. The largest absolute Gasteiger partial charge is 0.461 e. The first kappa shape index (κ1) is 64.8. The van der Waals surface area contributed by atoms with E-state index >= 15 is 0 Å². The second-order valence-corrected chi connectivity index (χ2v) is 21.9. The summed E-state index contributed by atoms with van der Waals surface area (Å²) in [5.41, 5.74) is -6.30. The Morgan fingerprint density at radius 3 is 1.18 bits per heavy atom. The highest BCUT2D eigenvalue weighted by Crippen LogP contribution is 2.22. The standard InChI is InChI=1S/C48H76N12O18/c1-45(2,3)77-43(71)53-27-25-75-41(69)35(47(7,8)73)57(13)33(63)23-55(11)32(62)22-50-38(66)30-18-16-20-52-60(30)40(68)28(54-44(72)78-46(4,5)6)26-76-42(70)36(48(9,10)74)58(14)34(64)24-56(12)31(61)21-49-37(65)29-17-15-19-51-59(29)39(27)67/h19-20,27-30,35-36,73-74H,15-18,21-26H2,1-14H3,(H,49,65)(H,50,66)(H,53,71)(H,54,72)/t27-,28-,29+,30+,35-,36-/m1/s1. The van der Waals surface area contributed by atoms with E-state index in [4.69, 9.17) is 18.9 Å². The predicted octanol–water partition coefficient (Wildman–Crippen LogP) is -2.83. The van der Waals surface area contributed by atoms with E-state index in [2.05, 4.69) is 31.5 Å². The van der Waals surface area contributed by atoms with Gasteiger partial charge in [0.25, 0.3) is 11.8 Å². The van der Waals surface area contributed by atoms with Crippen molar-refractivity contribution in [1.29, 1.82) is 0 Å². The fraction of sp³-hybridized carbons (Fsp3) is 0.708. The van der Waals surface area contributed by atoms with Crippen molar-refractivity contribution in [2.24, 2.45) is 10.2 Å². The highest BCUT2D eigenvalue weighted by molar-refractivity contribution is 5.97. The lowest BCUT2D eigenvalue weighted by atomic mass is 9.97. The Balaban J connectivity index is 2.09. The molecule has 3 aliphatic heterocycles.